The van der Waals surface area contributed by atoms with Gasteiger partial charge in [0.05, 0.1) is 0 Å². The minimum atomic E-state index is -0.880. The standard InChI is InChI=1S/C18H23N7O3/c1-17(2,3)27-16(26)20-18(4,5)15-19-13(28-23-15)11-25-22-14(21-24-25)12-9-7-6-8-10-12/h6-10H,11H2,1-5H3,(H,20,26). The zero-order valence-corrected chi connectivity index (χ0v) is 16.5. The van der Waals surface area contributed by atoms with Gasteiger partial charge in [-0.3, -0.25) is 0 Å². The smallest absolute Gasteiger partial charge is 0.408 e. The second kappa shape index (κ2) is 7.37. The van der Waals surface area contributed by atoms with Crippen LogP contribution in [0.25, 0.3) is 11.4 Å². The Balaban J connectivity index is 1.67. The molecule has 2 aromatic heterocycles. The maximum Gasteiger partial charge on any atom is 0.408 e. The van der Waals surface area contributed by atoms with Crippen molar-refractivity contribution in [3.8, 4) is 11.4 Å². The molecular weight excluding hydrogens is 362 g/mol. The van der Waals surface area contributed by atoms with Crippen LogP contribution in [0.1, 0.15) is 46.3 Å². The van der Waals surface area contributed by atoms with Gasteiger partial charge in [0.15, 0.2) is 5.82 Å². The van der Waals surface area contributed by atoms with Gasteiger partial charge in [0.2, 0.25) is 11.7 Å². The molecule has 0 atom stereocenters. The van der Waals surface area contributed by atoms with Crippen LogP contribution in [0.15, 0.2) is 34.9 Å². The number of hydrogen-bond donors (Lipinski definition) is 1. The van der Waals surface area contributed by atoms with Crippen molar-refractivity contribution in [2.24, 2.45) is 0 Å². The van der Waals surface area contributed by atoms with E-state index in [1.54, 1.807) is 34.6 Å². The highest BCUT2D eigenvalue weighted by Gasteiger charge is 2.31. The Hall–Kier alpha value is -3.30. The van der Waals surface area contributed by atoms with Gasteiger partial charge < -0.3 is 14.6 Å². The van der Waals surface area contributed by atoms with E-state index in [9.17, 15) is 4.79 Å². The molecule has 3 rings (SSSR count). The summed E-state index contributed by atoms with van der Waals surface area (Å²) in [6.07, 6.45) is -0.561. The Morgan fingerprint density at radius 1 is 1.18 bits per heavy atom. The highest BCUT2D eigenvalue weighted by Crippen LogP contribution is 2.18. The Bertz CT molecular complexity index is 942. The summed E-state index contributed by atoms with van der Waals surface area (Å²) in [4.78, 5) is 17.7. The molecule has 0 unspecified atom stereocenters. The van der Waals surface area contributed by atoms with Crippen molar-refractivity contribution in [1.29, 1.82) is 0 Å². The van der Waals surface area contributed by atoms with Gasteiger partial charge in [0, 0.05) is 5.56 Å². The van der Waals surface area contributed by atoms with E-state index in [1.807, 2.05) is 30.3 Å². The van der Waals surface area contributed by atoms with Gasteiger partial charge in [-0.05, 0) is 39.8 Å². The van der Waals surface area contributed by atoms with Crippen LogP contribution >= 0.6 is 0 Å². The molecule has 0 aliphatic heterocycles. The third-order valence-electron chi connectivity index (χ3n) is 3.60. The lowest BCUT2D eigenvalue weighted by Crippen LogP contribution is -2.44. The van der Waals surface area contributed by atoms with Crippen LogP contribution in [-0.2, 0) is 16.8 Å². The van der Waals surface area contributed by atoms with Crippen molar-refractivity contribution in [2.45, 2.75) is 52.3 Å². The molecule has 0 aliphatic carbocycles. The first-order valence-electron chi connectivity index (χ1n) is 8.80. The van der Waals surface area contributed by atoms with Gasteiger partial charge in [-0.2, -0.15) is 9.78 Å². The first-order valence-corrected chi connectivity index (χ1v) is 8.80. The van der Waals surface area contributed by atoms with Crippen molar-refractivity contribution in [3.63, 3.8) is 0 Å². The third-order valence-corrected chi connectivity index (χ3v) is 3.60. The number of rotatable bonds is 5. The van der Waals surface area contributed by atoms with Gasteiger partial charge in [-0.25, -0.2) is 4.79 Å². The van der Waals surface area contributed by atoms with E-state index in [4.69, 9.17) is 9.26 Å². The molecule has 0 bridgehead atoms. The second-order valence-corrected chi connectivity index (χ2v) is 7.77. The predicted molar refractivity (Wildman–Crippen MR) is 99.0 cm³/mol. The van der Waals surface area contributed by atoms with Crippen LogP contribution in [-0.4, -0.2) is 42.0 Å². The van der Waals surface area contributed by atoms with E-state index >= 15 is 0 Å². The van der Waals surface area contributed by atoms with Crippen LogP contribution in [0, 0.1) is 0 Å². The molecule has 0 spiro atoms. The minimum Gasteiger partial charge on any atom is -0.444 e. The maximum atomic E-state index is 12.0. The summed E-state index contributed by atoms with van der Waals surface area (Å²) in [6.45, 7) is 9.05. The van der Waals surface area contributed by atoms with E-state index < -0.39 is 17.2 Å². The van der Waals surface area contributed by atoms with Gasteiger partial charge in [0.25, 0.3) is 0 Å². The van der Waals surface area contributed by atoms with Gasteiger partial charge in [0.1, 0.15) is 17.7 Å². The molecule has 148 valence electrons. The number of carbonyl (C=O) groups excluding carboxylic acids is 1. The number of amides is 1. The zero-order chi connectivity index (χ0) is 20.4. The summed E-state index contributed by atoms with van der Waals surface area (Å²) < 4.78 is 10.5. The van der Waals surface area contributed by atoms with Crippen molar-refractivity contribution in [2.75, 3.05) is 0 Å². The van der Waals surface area contributed by atoms with Gasteiger partial charge >= 0.3 is 6.09 Å². The molecular formula is C18H23N7O3. The largest absolute Gasteiger partial charge is 0.444 e. The fourth-order valence-electron chi connectivity index (χ4n) is 2.32. The van der Waals surface area contributed by atoms with Crippen molar-refractivity contribution in [3.05, 3.63) is 42.0 Å². The summed E-state index contributed by atoms with van der Waals surface area (Å²) in [7, 11) is 0. The molecule has 0 saturated heterocycles. The Morgan fingerprint density at radius 2 is 1.89 bits per heavy atom. The number of aromatic nitrogens is 6. The average Bonchev–Trinajstić information content (AvgIpc) is 3.24. The molecule has 2 heterocycles. The number of nitrogens with one attached hydrogen (secondary N) is 1. The predicted octanol–water partition coefficient (Wildman–Crippen LogP) is 2.53. The highest BCUT2D eigenvalue weighted by molar-refractivity contribution is 5.68. The topological polar surface area (TPSA) is 121 Å². The normalized spacial score (nSPS) is 12.0. The monoisotopic (exact) mass is 385 g/mol. The molecule has 1 aromatic carbocycles. The number of tetrazole rings is 1. The molecule has 3 aromatic rings. The molecule has 10 heteroatoms. The Labute approximate surface area is 162 Å². The lowest BCUT2D eigenvalue weighted by atomic mass is 10.1. The van der Waals surface area contributed by atoms with Crippen LogP contribution < -0.4 is 5.32 Å². The van der Waals surface area contributed by atoms with Gasteiger partial charge in [-0.1, -0.05) is 35.5 Å². The number of ether oxygens (including phenoxy) is 1. The minimum absolute atomic E-state index is 0.162. The molecule has 1 amide bonds. The fraction of sp³-hybridized carbons (Fsp3) is 0.444. The van der Waals surface area contributed by atoms with Crippen molar-refractivity contribution >= 4 is 6.09 Å². The lowest BCUT2D eigenvalue weighted by Gasteiger charge is -2.26. The molecule has 0 aliphatic rings. The summed E-state index contributed by atoms with van der Waals surface area (Å²) >= 11 is 0. The maximum absolute atomic E-state index is 12.0. The van der Waals surface area contributed by atoms with Crippen molar-refractivity contribution < 1.29 is 14.1 Å². The van der Waals surface area contributed by atoms with Crippen molar-refractivity contribution in [1.82, 2.24) is 35.7 Å². The number of carbonyl (C=O) groups is 1. The first kappa shape index (κ1) is 19.5. The summed E-state index contributed by atoms with van der Waals surface area (Å²) in [5.41, 5.74) is -0.616. The molecule has 1 N–H and O–H groups in total. The van der Waals surface area contributed by atoms with E-state index in [0.717, 1.165) is 5.56 Å². The van der Waals surface area contributed by atoms with Crippen LogP contribution in [0.3, 0.4) is 0 Å². The number of alkyl carbamates (subject to hydrolysis) is 1. The summed E-state index contributed by atoms with van der Waals surface area (Å²) in [6, 6.07) is 9.52. The fourth-order valence-corrected chi connectivity index (χ4v) is 2.32. The first-order chi connectivity index (χ1) is 13.1. The SMILES string of the molecule is CC(C)(C)OC(=O)NC(C)(C)c1noc(Cn2nnc(-c3ccccc3)n2)n1. The summed E-state index contributed by atoms with van der Waals surface area (Å²) in [5, 5.41) is 19.0. The molecule has 10 nitrogen and oxygen atoms in total. The van der Waals surface area contributed by atoms with Crippen LogP contribution in [0.2, 0.25) is 0 Å². The second-order valence-electron chi connectivity index (χ2n) is 7.77. The number of hydrogen-bond acceptors (Lipinski definition) is 8. The zero-order valence-electron chi connectivity index (χ0n) is 16.5. The number of nitrogens with zero attached hydrogens (tertiary/aromatic N) is 6. The van der Waals surface area contributed by atoms with E-state index in [0.29, 0.717) is 17.5 Å². The number of benzene rings is 1. The molecule has 0 fully saturated rings. The van der Waals surface area contributed by atoms with E-state index in [-0.39, 0.29) is 6.54 Å². The Kier molecular flexibility index (Phi) is 5.12. The third kappa shape index (κ3) is 4.90. The summed E-state index contributed by atoms with van der Waals surface area (Å²) in [5.74, 6) is 1.12. The quantitative estimate of drug-likeness (QED) is 0.711. The molecule has 28 heavy (non-hydrogen) atoms. The van der Waals surface area contributed by atoms with Gasteiger partial charge in [-0.15, -0.1) is 10.2 Å². The van der Waals surface area contributed by atoms with Crippen LogP contribution in [0.5, 0.6) is 0 Å². The lowest BCUT2D eigenvalue weighted by molar-refractivity contribution is 0.0465. The van der Waals surface area contributed by atoms with E-state index in [2.05, 4.69) is 30.9 Å². The van der Waals surface area contributed by atoms with E-state index in [1.165, 1.54) is 4.80 Å². The molecule has 0 saturated carbocycles. The average molecular weight is 385 g/mol. The van der Waals surface area contributed by atoms with Crippen LogP contribution in [0.4, 0.5) is 4.79 Å². The highest BCUT2D eigenvalue weighted by atomic mass is 16.6. The Morgan fingerprint density at radius 3 is 2.57 bits per heavy atom. The molecule has 0 radical (unpaired) electrons.